The number of rotatable bonds is 8. The van der Waals surface area contributed by atoms with Crippen molar-refractivity contribution >= 4 is 15.5 Å². The van der Waals surface area contributed by atoms with Gasteiger partial charge in [-0.25, -0.2) is 0 Å². The van der Waals surface area contributed by atoms with E-state index in [2.05, 4.69) is 6.92 Å². The molecule has 0 atom stereocenters. The summed E-state index contributed by atoms with van der Waals surface area (Å²) in [4.78, 5) is 0. The van der Waals surface area contributed by atoms with Gasteiger partial charge in [0.25, 0.3) is 0 Å². The summed E-state index contributed by atoms with van der Waals surface area (Å²) >= 11 is -0.980. The van der Waals surface area contributed by atoms with Crippen LogP contribution in [-0.2, 0) is 7.59 Å². The van der Waals surface area contributed by atoms with Gasteiger partial charge in [-0.1, -0.05) is 0 Å². The van der Waals surface area contributed by atoms with Crippen molar-refractivity contribution in [3.8, 4) is 0 Å². The maximum atomic E-state index is 9.93. The molecule has 0 aliphatic heterocycles. The summed E-state index contributed by atoms with van der Waals surface area (Å²) < 4.78 is 14.7. The maximum absolute atomic E-state index is 9.93. The van der Waals surface area contributed by atoms with E-state index in [1.807, 2.05) is 0 Å². The zero-order valence-electron chi connectivity index (χ0n) is 7.34. The zero-order chi connectivity index (χ0) is 8.36. The van der Waals surface area contributed by atoms with Gasteiger partial charge in [-0.3, -0.25) is 0 Å². The van der Waals surface area contributed by atoms with Gasteiger partial charge >= 0.3 is 75.1 Å². The fourth-order valence-electron chi connectivity index (χ4n) is 1.01. The Morgan fingerprint density at radius 2 is 1.73 bits per heavy atom. The Hall–Kier alpha value is 0.132. The van der Waals surface area contributed by atoms with Crippen molar-refractivity contribution in [1.29, 1.82) is 0 Å². The Bertz CT molecular complexity index is 86.2. The van der Waals surface area contributed by atoms with Crippen LogP contribution < -0.4 is 0 Å². The molecule has 0 aromatic carbocycles. The van der Waals surface area contributed by atoms with E-state index in [-0.39, 0.29) is 0 Å². The van der Waals surface area contributed by atoms with Crippen LogP contribution in [0.1, 0.15) is 45.4 Å². The fraction of sp³-hybridized carbons (Fsp3) is 1.00. The van der Waals surface area contributed by atoms with Crippen LogP contribution in [0.15, 0.2) is 0 Å². The summed E-state index contributed by atoms with van der Waals surface area (Å²) in [6, 6.07) is 0. The van der Waals surface area contributed by atoms with E-state index in [1.165, 1.54) is 32.1 Å². The average molecular weight is 172 g/mol. The Labute approximate surface area is 75.6 Å². The third kappa shape index (κ3) is 10.1. The molecule has 0 rings (SSSR count). The second kappa shape index (κ2) is 10.1. The normalized spacial score (nSPS) is 9.18. The molecule has 0 aliphatic carbocycles. The fourth-order valence-corrected chi connectivity index (χ4v) is 1.28. The average Bonchev–Trinajstić information content (AvgIpc) is 2.03. The Morgan fingerprint density at radius 1 is 1.09 bits per heavy atom. The van der Waals surface area contributed by atoms with Gasteiger partial charge in [-0.15, -0.1) is 0 Å². The number of hydrogen-bond donors (Lipinski definition) is 0. The van der Waals surface area contributed by atoms with Crippen LogP contribution >= 0.6 is 0 Å². The predicted octanol–water partition coefficient (Wildman–Crippen LogP) is 2.33. The molecule has 64 valence electrons. The molecule has 0 unspecified atom stereocenters. The molecule has 0 radical (unpaired) electrons. The van der Waals surface area contributed by atoms with Crippen molar-refractivity contribution in [2.75, 3.05) is 6.61 Å². The Kier molecular flexibility index (Phi) is 10.3. The van der Waals surface area contributed by atoms with E-state index in [1.54, 1.807) is 0 Å². The molecule has 0 N–H and O–H groups in total. The van der Waals surface area contributed by atoms with Crippen LogP contribution in [0.2, 0.25) is 0 Å². The third-order valence-electron chi connectivity index (χ3n) is 1.68. The van der Waals surface area contributed by atoms with E-state index in [0.717, 1.165) is 6.42 Å². The van der Waals surface area contributed by atoms with Gasteiger partial charge in [0.15, 0.2) is 0 Å². The van der Waals surface area contributed by atoms with Crippen LogP contribution in [0.4, 0.5) is 0 Å². The second-order valence-electron chi connectivity index (χ2n) is 2.73. The van der Waals surface area contributed by atoms with Crippen LogP contribution in [0, 0.1) is 0 Å². The SMILES string of the molecule is CCCCCCCC[O][Al]=[O]. The molecule has 0 saturated carbocycles. The predicted molar refractivity (Wildman–Crippen MR) is 45.8 cm³/mol. The van der Waals surface area contributed by atoms with E-state index in [0.29, 0.717) is 6.61 Å². The molecule has 0 aliphatic rings. The van der Waals surface area contributed by atoms with Crippen molar-refractivity contribution in [3.63, 3.8) is 0 Å². The molecule has 0 saturated heterocycles. The van der Waals surface area contributed by atoms with Crippen LogP contribution in [0.25, 0.3) is 0 Å². The molecular weight excluding hydrogens is 155 g/mol. The second-order valence-corrected chi connectivity index (χ2v) is 3.26. The van der Waals surface area contributed by atoms with Crippen LogP contribution in [0.3, 0.4) is 0 Å². The van der Waals surface area contributed by atoms with Crippen molar-refractivity contribution in [2.45, 2.75) is 45.4 Å². The summed E-state index contributed by atoms with van der Waals surface area (Å²) in [7, 11) is 0. The van der Waals surface area contributed by atoms with Gasteiger partial charge in [0.2, 0.25) is 0 Å². The van der Waals surface area contributed by atoms with E-state index >= 15 is 0 Å². The summed E-state index contributed by atoms with van der Waals surface area (Å²) in [5.41, 5.74) is 0. The minimum atomic E-state index is -0.980. The van der Waals surface area contributed by atoms with Crippen LogP contribution in [-0.4, -0.2) is 22.1 Å². The van der Waals surface area contributed by atoms with Crippen molar-refractivity contribution in [2.24, 2.45) is 0 Å². The topological polar surface area (TPSA) is 26.3 Å². The zero-order valence-corrected chi connectivity index (χ0v) is 8.50. The quantitative estimate of drug-likeness (QED) is 0.415. The molecule has 3 heteroatoms. The molecule has 0 heterocycles. The van der Waals surface area contributed by atoms with Crippen molar-refractivity contribution in [1.82, 2.24) is 0 Å². The van der Waals surface area contributed by atoms with Gasteiger partial charge in [-0.05, 0) is 0 Å². The molecule has 11 heavy (non-hydrogen) atoms. The van der Waals surface area contributed by atoms with Gasteiger partial charge in [0.05, 0.1) is 0 Å². The van der Waals surface area contributed by atoms with Gasteiger partial charge in [0, 0.05) is 0 Å². The van der Waals surface area contributed by atoms with Gasteiger partial charge in [0.1, 0.15) is 0 Å². The Balaban J connectivity index is 2.74. The molecule has 0 amide bonds. The van der Waals surface area contributed by atoms with Crippen LogP contribution in [0.5, 0.6) is 0 Å². The summed E-state index contributed by atoms with van der Waals surface area (Å²) in [6.07, 6.45) is 7.55. The standard InChI is InChI=1S/C8H17O.Al.O/c1-2-3-4-5-6-7-8-9;;/h2-8H2,1H3;;/q-1;+1;. The van der Waals surface area contributed by atoms with Crippen molar-refractivity contribution < 1.29 is 7.59 Å². The molecule has 0 spiro atoms. The molecule has 0 aromatic rings. The molecule has 0 aromatic heterocycles. The first kappa shape index (κ1) is 11.1. The number of hydrogen-bond acceptors (Lipinski definition) is 2. The Morgan fingerprint density at radius 3 is 2.36 bits per heavy atom. The first-order valence-electron chi connectivity index (χ1n) is 4.47. The molecule has 0 bridgehead atoms. The third-order valence-corrected chi connectivity index (χ3v) is 2.06. The number of unbranched alkanes of at least 4 members (excludes halogenated alkanes) is 5. The van der Waals surface area contributed by atoms with E-state index < -0.39 is 15.5 Å². The summed E-state index contributed by atoms with van der Waals surface area (Å²) in [6.45, 7) is 2.90. The minimum absolute atomic E-state index is 0.685. The van der Waals surface area contributed by atoms with E-state index in [4.69, 9.17) is 3.79 Å². The monoisotopic (exact) mass is 172 g/mol. The summed E-state index contributed by atoms with van der Waals surface area (Å²) in [5.74, 6) is 0. The molecule has 2 nitrogen and oxygen atoms in total. The van der Waals surface area contributed by atoms with E-state index in [9.17, 15) is 3.80 Å². The van der Waals surface area contributed by atoms with Gasteiger partial charge in [-0.2, -0.15) is 0 Å². The molecular formula is C8H17AlO2. The summed E-state index contributed by atoms with van der Waals surface area (Å²) in [5, 5.41) is 0. The molecule has 0 fully saturated rings. The van der Waals surface area contributed by atoms with Crippen molar-refractivity contribution in [3.05, 3.63) is 0 Å². The first-order valence-corrected chi connectivity index (χ1v) is 5.41. The first-order chi connectivity index (χ1) is 5.41. The van der Waals surface area contributed by atoms with Gasteiger partial charge < -0.3 is 0 Å².